The maximum Gasteiger partial charge on any atom is 0.313 e. The summed E-state index contributed by atoms with van der Waals surface area (Å²) < 4.78 is 26.5. The largest absolute Gasteiger partial charge is 0.460 e. The van der Waals surface area contributed by atoms with E-state index in [4.69, 9.17) is 9.47 Å². The standard InChI is InChI=1S/C20H28BrFN2O4/c1-12-8-19(5-6-23-12,17(25)28-18(2,3)4)9-14-16(22)13(7-15(21)24-14)20(26)10-27-11-20/h7,12,23,26H,5-6,8-11H2,1-4H3/t12-,19?/m1/s1. The van der Waals surface area contributed by atoms with Gasteiger partial charge in [0.15, 0.2) is 5.82 Å². The Labute approximate surface area is 173 Å². The Morgan fingerprint density at radius 2 is 2.18 bits per heavy atom. The van der Waals surface area contributed by atoms with E-state index < -0.39 is 22.4 Å². The van der Waals surface area contributed by atoms with E-state index in [1.165, 1.54) is 6.07 Å². The zero-order chi connectivity index (χ0) is 20.7. The van der Waals surface area contributed by atoms with Gasteiger partial charge in [-0.1, -0.05) is 0 Å². The van der Waals surface area contributed by atoms with Crippen LogP contribution in [0.3, 0.4) is 0 Å². The molecule has 0 aliphatic carbocycles. The first-order valence-electron chi connectivity index (χ1n) is 9.57. The van der Waals surface area contributed by atoms with Gasteiger partial charge >= 0.3 is 5.97 Å². The molecule has 0 amide bonds. The van der Waals surface area contributed by atoms with Crippen molar-refractivity contribution >= 4 is 21.9 Å². The topological polar surface area (TPSA) is 80.7 Å². The van der Waals surface area contributed by atoms with Crippen LogP contribution in [-0.4, -0.2) is 47.5 Å². The molecule has 1 aromatic heterocycles. The van der Waals surface area contributed by atoms with Crippen molar-refractivity contribution in [2.24, 2.45) is 5.41 Å². The molecule has 0 saturated carbocycles. The number of aliphatic hydroxyl groups is 1. The van der Waals surface area contributed by atoms with Crippen LogP contribution in [0.5, 0.6) is 0 Å². The molecule has 3 rings (SSSR count). The van der Waals surface area contributed by atoms with Crippen LogP contribution < -0.4 is 5.32 Å². The van der Waals surface area contributed by atoms with Crippen molar-refractivity contribution in [3.63, 3.8) is 0 Å². The summed E-state index contributed by atoms with van der Waals surface area (Å²) in [6.07, 6.45) is 1.17. The van der Waals surface area contributed by atoms with E-state index in [2.05, 4.69) is 26.2 Å². The quantitative estimate of drug-likeness (QED) is 0.533. The van der Waals surface area contributed by atoms with E-state index in [1.807, 2.05) is 27.7 Å². The predicted molar refractivity (Wildman–Crippen MR) is 105 cm³/mol. The van der Waals surface area contributed by atoms with Crippen LogP contribution in [-0.2, 0) is 26.3 Å². The first-order valence-corrected chi connectivity index (χ1v) is 10.4. The van der Waals surface area contributed by atoms with Gasteiger partial charge in [0.05, 0.1) is 24.3 Å². The Kier molecular flexibility index (Phi) is 5.89. The summed E-state index contributed by atoms with van der Waals surface area (Å²) >= 11 is 3.31. The molecule has 0 radical (unpaired) electrons. The molecule has 2 N–H and O–H groups in total. The van der Waals surface area contributed by atoms with Gasteiger partial charge in [0, 0.05) is 18.0 Å². The Bertz CT molecular complexity index is 763. The van der Waals surface area contributed by atoms with E-state index in [0.29, 0.717) is 24.0 Å². The second-order valence-electron chi connectivity index (χ2n) is 9.05. The molecule has 0 spiro atoms. The summed E-state index contributed by atoms with van der Waals surface area (Å²) in [5.74, 6) is -0.912. The molecule has 8 heteroatoms. The molecule has 2 aliphatic heterocycles. The van der Waals surface area contributed by atoms with E-state index in [9.17, 15) is 9.90 Å². The smallest absolute Gasteiger partial charge is 0.313 e. The second kappa shape index (κ2) is 7.63. The first kappa shape index (κ1) is 21.6. The van der Waals surface area contributed by atoms with E-state index >= 15 is 4.39 Å². The van der Waals surface area contributed by atoms with Crippen molar-refractivity contribution in [2.75, 3.05) is 19.8 Å². The van der Waals surface area contributed by atoms with E-state index in [-0.39, 0.29) is 42.9 Å². The third kappa shape index (κ3) is 4.40. The lowest BCUT2D eigenvalue weighted by atomic mass is 9.72. The number of hydrogen-bond acceptors (Lipinski definition) is 6. The zero-order valence-corrected chi connectivity index (χ0v) is 18.4. The van der Waals surface area contributed by atoms with Crippen molar-refractivity contribution in [3.8, 4) is 0 Å². The molecule has 3 heterocycles. The maximum absolute atomic E-state index is 15.3. The number of carbonyl (C=O) groups excluding carboxylic acids is 1. The molecule has 28 heavy (non-hydrogen) atoms. The lowest BCUT2D eigenvalue weighted by molar-refractivity contribution is -0.186. The summed E-state index contributed by atoms with van der Waals surface area (Å²) in [7, 11) is 0. The zero-order valence-electron chi connectivity index (χ0n) is 16.8. The van der Waals surface area contributed by atoms with Gasteiger partial charge in [-0.2, -0.15) is 0 Å². The summed E-state index contributed by atoms with van der Waals surface area (Å²) in [4.78, 5) is 17.5. The monoisotopic (exact) mass is 458 g/mol. The number of halogens is 2. The molecule has 2 aliphatic rings. The number of aromatic nitrogens is 1. The summed E-state index contributed by atoms with van der Waals surface area (Å²) in [5, 5.41) is 13.9. The van der Waals surface area contributed by atoms with Crippen molar-refractivity contribution in [1.29, 1.82) is 0 Å². The molecule has 0 aromatic carbocycles. The molecule has 2 fully saturated rings. The number of piperidine rings is 1. The van der Waals surface area contributed by atoms with Gasteiger partial charge in [-0.15, -0.1) is 0 Å². The highest BCUT2D eigenvalue weighted by Crippen LogP contribution is 2.40. The molecular weight excluding hydrogens is 431 g/mol. The van der Waals surface area contributed by atoms with E-state index in [1.54, 1.807) is 0 Å². The number of ether oxygens (including phenoxy) is 2. The number of pyridine rings is 1. The highest BCUT2D eigenvalue weighted by atomic mass is 79.9. The van der Waals surface area contributed by atoms with Crippen LogP contribution in [0.2, 0.25) is 0 Å². The van der Waals surface area contributed by atoms with Gasteiger partial charge in [0.25, 0.3) is 0 Å². The highest BCUT2D eigenvalue weighted by molar-refractivity contribution is 9.10. The second-order valence-corrected chi connectivity index (χ2v) is 9.86. The number of nitrogens with one attached hydrogen (secondary N) is 1. The maximum atomic E-state index is 15.3. The molecule has 0 bridgehead atoms. The lowest BCUT2D eigenvalue weighted by Crippen LogP contribution is -2.50. The highest BCUT2D eigenvalue weighted by Gasteiger charge is 2.47. The van der Waals surface area contributed by atoms with Gasteiger partial charge < -0.3 is 19.9 Å². The van der Waals surface area contributed by atoms with Gasteiger partial charge in [-0.25, -0.2) is 9.37 Å². The molecular formula is C20H28BrFN2O4. The molecule has 1 aromatic rings. The minimum Gasteiger partial charge on any atom is -0.460 e. The Morgan fingerprint density at radius 3 is 2.71 bits per heavy atom. The van der Waals surface area contributed by atoms with Crippen molar-refractivity contribution < 1.29 is 23.8 Å². The van der Waals surface area contributed by atoms with Crippen molar-refractivity contribution in [3.05, 3.63) is 27.7 Å². The lowest BCUT2D eigenvalue weighted by Gasteiger charge is -2.40. The average molecular weight is 459 g/mol. The SMILES string of the molecule is C[C@@H]1CC(Cc2nc(Br)cc(C3(O)COC3)c2F)(C(=O)OC(C)(C)C)CCN1. The van der Waals surface area contributed by atoms with Gasteiger partial charge in [-0.05, 0) is 69.1 Å². The number of carbonyl (C=O) groups is 1. The Balaban J connectivity index is 1.98. The third-order valence-electron chi connectivity index (χ3n) is 5.31. The first-order chi connectivity index (χ1) is 12.9. The fraction of sp³-hybridized carbons (Fsp3) is 0.700. The van der Waals surface area contributed by atoms with Gasteiger partial charge in [0.1, 0.15) is 15.8 Å². The average Bonchev–Trinajstić information content (AvgIpc) is 2.54. The van der Waals surface area contributed by atoms with Crippen molar-refractivity contribution in [1.82, 2.24) is 10.3 Å². The Morgan fingerprint density at radius 1 is 1.50 bits per heavy atom. The van der Waals surface area contributed by atoms with Crippen LogP contribution in [0.25, 0.3) is 0 Å². The summed E-state index contributed by atoms with van der Waals surface area (Å²) in [6.45, 7) is 8.20. The number of nitrogens with zero attached hydrogens (tertiary/aromatic N) is 1. The summed E-state index contributed by atoms with van der Waals surface area (Å²) in [5.41, 5.74) is -2.56. The van der Waals surface area contributed by atoms with Crippen LogP contribution in [0.4, 0.5) is 4.39 Å². The number of hydrogen-bond donors (Lipinski definition) is 2. The summed E-state index contributed by atoms with van der Waals surface area (Å²) in [6, 6.07) is 1.58. The van der Waals surface area contributed by atoms with E-state index in [0.717, 1.165) is 0 Å². The van der Waals surface area contributed by atoms with Gasteiger partial charge in [-0.3, -0.25) is 4.79 Å². The predicted octanol–water partition coefficient (Wildman–Crippen LogP) is 2.84. The molecule has 6 nitrogen and oxygen atoms in total. The van der Waals surface area contributed by atoms with Crippen LogP contribution in [0.1, 0.15) is 51.8 Å². The fourth-order valence-electron chi connectivity index (χ4n) is 3.90. The number of rotatable bonds is 4. The van der Waals surface area contributed by atoms with Crippen LogP contribution >= 0.6 is 15.9 Å². The molecule has 2 saturated heterocycles. The minimum absolute atomic E-state index is 0.0397. The molecule has 2 atom stereocenters. The van der Waals surface area contributed by atoms with Crippen LogP contribution in [0.15, 0.2) is 10.7 Å². The third-order valence-corrected chi connectivity index (χ3v) is 5.72. The van der Waals surface area contributed by atoms with Crippen LogP contribution in [0, 0.1) is 11.2 Å². The number of esters is 1. The normalized spacial score (nSPS) is 27.2. The Hall–Kier alpha value is -1.09. The van der Waals surface area contributed by atoms with Gasteiger partial charge in [0.2, 0.25) is 0 Å². The molecule has 156 valence electrons. The minimum atomic E-state index is -1.36. The fourth-order valence-corrected chi connectivity index (χ4v) is 4.34. The van der Waals surface area contributed by atoms with Crippen molar-refractivity contribution in [2.45, 2.75) is 64.2 Å². The molecule has 1 unspecified atom stereocenters.